The molecule has 3 N–H and O–H groups in total. The molecule has 0 radical (unpaired) electrons. The number of nitrogens with two attached hydrogens (primary N) is 1. The van der Waals surface area contributed by atoms with Crippen LogP contribution >= 0.6 is 11.6 Å². The van der Waals surface area contributed by atoms with Crippen molar-refractivity contribution < 1.29 is 8.78 Å². The number of hydrogen-bond donors (Lipinski definition) is 2. The topological polar surface area (TPSA) is 67.1 Å². The predicted molar refractivity (Wildman–Crippen MR) is 111 cm³/mol. The zero-order valence-electron chi connectivity index (χ0n) is 15.6. The molecule has 1 fully saturated rings. The Morgan fingerprint density at radius 3 is 2.90 bits per heavy atom. The SMILES string of the molecule is CN1CC[C@](F)(C#Cc2cc3ncnc(Nc4cccc(Cl)c4F)c3cc2N)C1. The first-order chi connectivity index (χ1) is 13.8. The summed E-state index contributed by atoms with van der Waals surface area (Å²) in [5, 5.41) is 3.51. The molecule has 2 heterocycles. The second-order valence-corrected chi connectivity index (χ2v) is 7.52. The summed E-state index contributed by atoms with van der Waals surface area (Å²) in [6.45, 7) is 0.940. The summed E-state index contributed by atoms with van der Waals surface area (Å²) in [7, 11) is 1.86. The highest BCUT2D eigenvalue weighted by Crippen LogP contribution is 2.30. The summed E-state index contributed by atoms with van der Waals surface area (Å²) in [6, 6.07) is 7.98. The van der Waals surface area contributed by atoms with Crippen LogP contribution in [0.3, 0.4) is 0 Å². The second-order valence-electron chi connectivity index (χ2n) is 7.11. The van der Waals surface area contributed by atoms with Crippen LogP contribution in [0.5, 0.6) is 0 Å². The number of rotatable bonds is 2. The number of aromatic nitrogens is 2. The van der Waals surface area contributed by atoms with Crippen LogP contribution in [0.1, 0.15) is 12.0 Å². The summed E-state index contributed by atoms with van der Waals surface area (Å²) in [4.78, 5) is 10.3. The lowest BCUT2D eigenvalue weighted by atomic mass is 10.0. The van der Waals surface area contributed by atoms with Gasteiger partial charge in [0, 0.05) is 36.1 Å². The number of halogens is 3. The zero-order chi connectivity index (χ0) is 20.6. The average molecular weight is 414 g/mol. The van der Waals surface area contributed by atoms with Gasteiger partial charge in [0.05, 0.1) is 16.2 Å². The largest absolute Gasteiger partial charge is 0.398 e. The van der Waals surface area contributed by atoms with Gasteiger partial charge in [-0.3, -0.25) is 0 Å². The van der Waals surface area contributed by atoms with Crippen molar-refractivity contribution in [2.75, 3.05) is 31.2 Å². The highest BCUT2D eigenvalue weighted by Gasteiger charge is 2.34. The molecular weight excluding hydrogens is 396 g/mol. The van der Waals surface area contributed by atoms with Gasteiger partial charge in [-0.05, 0) is 31.3 Å². The van der Waals surface area contributed by atoms with Crippen molar-refractivity contribution in [3.8, 4) is 11.8 Å². The van der Waals surface area contributed by atoms with E-state index in [4.69, 9.17) is 17.3 Å². The van der Waals surface area contributed by atoms with E-state index in [1.54, 1.807) is 24.3 Å². The Morgan fingerprint density at radius 1 is 1.31 bits per heavy atom. The molecule has 0 spiro atoms. The molecule has 148 valence electrons. The van der Waals surface area contributed by atoms with E-state index in [1.807, 2.05) is 11.9 Å². The van der Waals surface area contributed by atoms with E-state index < -0.39 is 11.5 Å². The van der Waals surface area contributed by atoms with Crippen LogP contribution in [0.15, 0.2) is 36.7 Å². The molecule has 1 aromatic heterocycles. The van der Waals surface area contributed by atoms with E-state index in [1.165, 1.54) is 12.4 Å². The highest BCUT2D eigenvalue weighted by molar-refractivity contribution is 6.31. The summed E-state index contributed by atoms with van der Waals surface area (Å²) in [5.74, 6) is 5.37. The van der Waals surface area contributed by atoms with Crippen molar-refractivity contribution in [3.05, 3.63) is 53.1 Å². The Hall–Kier alpha value is -2.95. The first-order valence-electron chi connectivity index (χ1n) is 9.00. The Kier molecular flexibility index (Phi) is 4.99. The molecule has 0 saturated carbocycles. The highest BCUT2D eigenvalue weighted by atomic mass is 35.5. The molecule has 0 amide bonds. The summed E-state index contributed by atoms with van der Waals surface area (Å²) in [5.41, 5.74) is 6.20. The van der Waals surface area contributed by atoms with Crippen LogP contribution in [0.2, 0.25) is 5.02 Å². The Bertz CT molecular complexity index is 1160. The minimum absolute atomic E-state index is 0.00291. The molecule has 0 aliphatic carbocycles. The Balaban J connectivity index is 1.70. The van der Waals surface area contributed by atoms with Gasteiger partial charge in [-0.1, -0.05) is 29.5 Å². The third kappa shape index (κ3) is 3.95. The third-order valence-electron chi connectivity index (χ3n) is 4.84. The van der Waals surface area contributed by atoms with Gasteiger partial charge < -0.3 is 16.0 Å². The van der Waals surface area contributed by atoms with E-state index in [9.17, 15) is 8.78 Å². The van der Waals surface area contributed by atoms with Crippen LogP contribution in [0.25, 0.3) is 10.9 Å². The lowest BCUT2D eigenvalue weighted by Crippen LogP contribution is -2.25. The average Bonchev–Trinajstić information content (AvgIpc) is 3.03. The van der Waals surface area contributed by atoms with Crippen LogP contribution in [0, 0.1) is 17.7 Å². The second kappa shape index (κ2) is 7.47. The van der Waals surface area contributed by atoms with Crippen molar-refractivity contribution >= 4 is 39.7 Å². The normalized spacial score (nSPS) is 19.2. The van der Waals surface area contributed by atoms with Gasteiger partial charge >= 0.3 is 0 Å². The molecule has 4 rings (SSSR count). The number of alkyl halides is 1. The van der Waals surface area contributed by atoms with E-state index in [0.29, 0.717) is 40.9 Å². The summed E-state index contributed by atoms with van der Waals surface area (Å²) >= 11 is 5.84. The number of anilines is 3. The van der Waals surface area contributed by atoms with Crippen molar-refractivity contribution in [2.24, 2.45) is 0 Å². The van der Waals surface area contributed by atoms with Gasteiger partial charge in [-0.25, -0.2) is 18.7 Å². The van der Waals surface area contributed by atoms with Crippen molar-refractivity contribution in [1.29, 1.82) is 0 Å². The zero-order valence-corrected chi connectivity index (χ0v) is 16.4. The van der Waals surface area contributed by atoms with E-state index in [0.717, 1.165) is 0 Å². The van der Waals surface area contributed by atoms with E-state index in [-0.39, 0.29) is 17.3 Å². The van der Waals surface area contributed by atoms with Crippen LogP contribution < -0.4 is 11.1 Å². The number of likely N-dealkylation sites (tertiary alicyclic amines) is 1. The monoisotopic (exact) mass is 413 g/mol. The molecular formula is C21H18ClF2N5. The van der Waals surface area contributed by atoms with Gasteiger partial charge in [0.1, 0.15) is 12.1 Å². The maximum absolute atomic E-state index is 14.7. The van der Waals surface area contributed by atoms with Crippen molar-refractivity contribution in [2.45, 2.75) is 12.1 Å². The summed E-state index contributed by atoms with van der Waals surface area (Å²) < 4.78 is 29.0. The number of benzene rings is 2. The fourth-order valence-electron chi connectivity index (χ4n) is 3.29. The fourth-order valence-corrected chi connectivity index (χ4v) is 3.47. The quantitative estimate of drug-likeness (QED) is 0.488. The molecule has 2 aromatic carbocycles. The Morgan fingerprint density at radius 2 is 2.14 bits per heavy atom. The molecule has 5 nitrogen and oxygen atoms in total. The Labute approximate surface area is 171 Å². The van der Waals surface area contributed by atoms with Gasteiger partial charge in [-0.2, -0.15) is 0 Å². The summed E-state index contributed by atoms with van der Waals surface area (Å²) in [6.07, 6.45) is 1.72. The number of nitrogens with one attached hydrogen (secondary N) is 1. The molecule has 29 heavy (non-hydrogen) atoms. The molecule has 0 unspecified atom stereocenters. The smallest absolute Gasteiger partial charge is 0.184 e. The maximum Gasteiger partial charge on any atom is 0.184 e. The van der Waals surface area contributed by atoms with Gasteiger partial charge in [-0.15, -0.1) is 0 Å². The van der Waals surface area contributed by atoms with Crippen LogP contribution in [0.4, 0.5) is 26.0 Å². The standard InChI is InChI=1S/C21H18ClF2N5/c1-29-8-7-21(24,11-29)6-5-13-9-18-14(10-16(13)25)20(27-12-26-18)28-17-4-2-3-15(22)19(17)23/h2-4,9-10,12H,7-8,11,25H2,1H3,(H,26,27,28)/t21-/m1/s1. The lowest BCUT2D eigenvalue weighted by molar-refractivity contribution is 0.246. The first-order valence-corrected chi connectivity index (χ1v) is 9.38. The predicted octanol–water partition coefficient (Wildman–Crippen LogP) is 4.14. The van der Waals surface area contributed by atoms with E-state index >= 15 is 0 Å². The van der Waals surface area contributed by atoms with Gasteiger partial charge in [0.15, 0.2) is 11.5 Å². The van der Waals surface area contributed by atoms with Gasteiger partial charge in [0.2, 0.25) is 0 Å². The molecule has 1 aliphatic rings. The minimum Gasteiger partial charge on any atom is -0.398 e. The van der Waals surface area contributed by atoms with Gasteiger partial charge in [0.25, 0.3) is 0 Å². The first kappa shape index (κ1) is 19.4. The van der Waals surface area contributed by atoms with Crippen LogP contribution in [-0.4, -0.2) is 40.7 Å². The molecule has 3 aromatic rings. The van der Waals surface area contributed by atoms with Crippen LogP contribution in [-0.2, 0) is 0 Å². The number of fused-ring (bicyclic) bond motifs is 1. The maximum atomic E-state index is 14.7. The van der Waals surface area contributed by atoms with Crippen molar-refractivity contribution in [3.63, 3.8) is 0 Å². The molecule has 1 atom stereocenters. The molecule has 8 heteroatoms. The molecule has 0 bridgehead atoms. The van der Waals surface area contributed by atoms with E-state index in [2.05, 4.69) is 27.1 Å². The fraction of sp³-hybridized carbons (Fsp3) is 0.238. The molecule has 1 saturated heterocycles. The number of nitrogens with zero attached hydrogens (tertiary/aromatic N) is 3. The lowest BCUT2D eigenvalue weighted by Gasteiger charge is -2.12. The van der Waals surface area contributed by atoms with Crippen molar-refractivity contribution in [1.82, 2.24) is 14.9 Å². The number of hydrogen-bond acceptors (Lipinski definition) is 5. The molecule has 1 aliphatic heterocycles. The number of nitrogen functional groups attached to an aromatic ring is 1. The third-order valence-corrected chi connectivity index (χ3v) is 5.13. The minimum atomic E-state index is -1.54.